The molecule has 88 valence electrons. The van der Waals surface area contributed by atoms with Gasteiger partial charge in [-0.1, -0.05) is 0 Å². The van der Waals surface area contributed by atoms with Crippen LogP contribution in [-0.4, -0.2) is 39.4 Å². The predicted molar refractivity (Wildman–Crippen MR) is 62.1 cm³/mol. The van der Waals surface area contributed by atoms with Gasteiger partial charge in [-0.3, -0.25) is 0 Å². The van der Waals surface area contributed by atoms with E-state index in [9.17, 15) is 0 Å². The van der Waals surface area contributed by atoms with Gasteiger partial charge in [-0.2, -0.15) is 0 Å². The van der Waals surface area contributed by atoms with Crippen LogP contribution in [0, 0.1) is 5.41 Å². The van der Waals surface area contributed by atoms with Crippen molar-refractivity contribution in [2.45, 2.75) is 38.1 Å². The van der Waals surface area contributed by atoms with E-state index in [0.29, 0.717) is 11.5 Å². The lowest BCUT2D eigenvalue weighted by atomic mass is 10.0. The van der Waals surface area contributed by atoms with Gasteiger partial charge in [-0.15, -0.1) is 0 Å². The highest BCUT2D eigenvalue weighted by atomic mass is 16.5. The van der Waals surface area contributed by atoms with Crippen molar-refractivity contribution in [2.75, 3.05) is 33.4 Å². The summed E-state index contributed by atoms with van der Waals surface area (Å²) in [5.41, 5.74) is 0.591. The van der Waals surface area contributed by atoms with Crippen molar-refractivity contribution in [1.82, 2.24) is 10.6 Å². The van der Waals surface area contributed by atoms with Crippen molar-refractivity contribution < 1.29 is 4.74 Å². The van der Waals surface area contributed by atoms with Gasteiger partial charge in [0.2, 0.25) is 0 Å². The molecule has 3 heteroatoms. The SMILES string of the molecule is COCCC1(CNC2CCCNC2)CC1. The molecule has 1 aliphatic heterocycles. The fourth-order valence-corrected chi connectivity index (χ4v) is 2.40. The number of rotatable bonds is 6. The van der Waals surface area contributed by atoms with Gasteiger partial charge in [-0.05, 0) is 44.1 Å². The van der Waals surface area contributed by atoms with Gasteiger partial charge in [0.25, 0.3) is 0 Å². The second kappa shape index (κ2) is 5.28. The largest absolute Gasteiger partial charge is 0.385 e. The lowest BCUT2D eigenvalue weighted by Gasteiger charge is -2.26. The van der Waals surface area contributed by atoms with Crippen LogP contribution in [-0.2, 0) is 4.74 Å². The maximum Gasteiger partial charge on any atom is 0.0468 e. The second-order valence-electron chi connectivity index (χ2n) is 5.17. The Morgan fingerprint density at radius 3 is 2.93 bits per heavy atom. The summed E-state index contributed by atoms with van der Waals surface area (Å²) in [4.78, 5) is 0. The van der Waals surface area contributed by atoms with E-state index in [1.807, 2.05) is 0 Å². The number of hydrogen-bond donors (Lipinski definition) is 2. The summed E-state index contributed by atoms with van der Waals surface area (Å²) in [6, 6.07) is 0.707. The number of piperidine rings is 1. The van der Waals surface area contributed by atoms with Gasteiger partial charge in [-0.25, -0.2) is 0 Å². The Kier molecular flexibility index (Phi) is 4.00. The maximum absolute atomic E-state index is 5.17. The predicted octanol–water partition coefficient (Wildman–Crippen LogP) is 1.14. The Balaban J connectivity index is 1.63. The monoisotopic (exact) mass is 212 g/mol. The second-order valence-corrected chi connectivity index (χ2v) is 5.17. The molecule has 0 aromatic heterocycles. The molecule has 1 saturated carbocycles. The molecule has 2 aliphatic rings. The number of nitrogens with one attached hydrogen (secondary N) is 2. The van der Waals surface area contributed by atoms with Crippen molar-refractivity contribution in [2.24, 2.45) is 5.41 Å². The summed E-state index contributed by atoms with van der Waals surface area (Å²) in [6.45, 7) is 4.47. The molecule has 0 radical (unpaired) electrons. The van der Waals surface area contributed by atoms with Crippen molar-refractivity contribution in [1.29, 1.82) is 0 Å². The molecule has 2 N–H and O–H groups in total. The first-order valence-corrected chi connectivity index (χ1v) is 6.28. The Bertz CT molecular complexity index is 186. The summed E-state index contributed by atoms with van der Waals surface area (Å²) >= 11 is 0. The Hall–Kier alpha value is -0.120. The molecular weight excluding hydrogens is 188 g/mol. The third-order valence-corrected chi connectivity index (χ3v) is 3.86. The topological polar surface area (TPSA) is 33.3 Å². The Morgan fingerprint density at radius 2 is 2.33 bits per heavy atom. The lowest BCUT2D eigenvalue weighted by molar-refractivity contribution is 0.169. The number of methoxy groups -OCH3 is 1. The van der Waals surface area contributed by atoms with Crippen LogP contribution in [0.25, 0.3) is 0 Å². The van der Waals surface area contributed by atoms with Crippen LogP contribution in [0.3, 0.4) is 0 Å². The summed E-state index contributed by atoms with van der Waals surface area (Å²) in [5.74, 6) is 0. The van der Waals surface area contributed by atoms with Gasteiger partial charge < -0.3 is 15.4 Å². The molecule has 3 nitrogen and oxygen atoms in total. The highest BCUT2D eigenvalue weighted by Gasteiger charge is 2.41. The fourth-order valence-electron chi connectivity index (χ4n) is 2.40. The van der Waals surface area contributed by atoms with Crippen LogP contribution in [0.1, 0.15) is 32.1 Å². The van der Waals surface area contributed by atoms with Crippen molar-refractivity contribution >= 4 is 0 Å². The molecule has 0 aromatic rings. The van der Waals surface area contributed by atoms with Crippen LogP contribution in [0.2, 0.25) is 0 Å². The van der Waals surface area contributed by atoms with E-state index >= 15 is 0 Å². The normalized spacial score (nSPS) is 29.0. The van der Waals surface area contributed by atoms with E-state index in [1.54, 1.807) is 7.11 Å². The van der Waals surface area contributed by atoms with E-state index in [-0.39, 0.29) is 0 Å². The van der Waals surface area contributed by atoms with E-state index in [4.69, 9.17) is 4.74 Å². The zero-order valence-electron chi connectivity index (χ0n) is 9.85. The third kappa shape index (κ3) is 3.44. The number of ether oxygens (including phenoxy) is 1. The van der Waals surface area contributed by atoms with Crippen LogP contribution in [0.15, 0.2) is 0 Å². The molecule has 2 rings (SSSR count). The van der Waals surface area contributed by atoms with Gasteiger partial charge in [0.15, 0.2) is 0 Å². The van der Waals surface area contributed by atoms with Crippen LogP contribution in [0.4, 0.5) is 0 Å². The van der Waals surface area contributed by atoms with Crippen molar-refractivity contribution in [3.8, 4) is 0 Å². The standard InChI is InChI=1S/C12H24N2O/c1-15-8-6-12(4-5-12)10-14-11-3-2-7-13-9-11/h11,13-14H,2-10H2,1H3. The molecular formula is C12H24N2O. The van der Waals surface area contributed by atoms with Gasteiger partial charge in [0.05, 0.1) is 0 Å². The first-order valence-electron chi connectivity index (χ1n) is 6.28. The minimum Gasteiger partial charge on any atom is -0.385 e. The molecule has 0 spiro atoms. The van der Waals surface area contributed by atoms with Crippen LogP contribution in [0.5, 0.6) is 0 Å². The first kappa shape index (κ1) is 11.4. The molecule has 2 fully saturated rings. The smallest absolute Gasteiger partial charge is 0.0468 e. The van der Waals surface area contributed by atoms with E-state index < -0.39 is 0 Å². The molecule has 15 heavy (non-hydrogen) atoms. The number of hydrogen-bond acceptors (Lipinski definition) is 3. The summed E-state index contributed by atoms with van der Waals surface area (Å²) in [6.07, 6.45) is 6.68. The van der Waals surface area contributed by atoms with Gasteiger partial charge in [0.1, 0.15) is 0 Å². The van der Waals surface area contributed by atoms with Crippen molar-refractivity contribution in [3.63, 3.8) is 0 Å². The first-order chi connectivity index (χ1) is 7.35. The maximum atomic E-state index is 5.17. The van der Waals surface area contributed by atoms with Crippen molar-refractivity contribution in [3.05, 3.63) is 0 Å². The molecule has 0 amide bonds. The minimum absolute atomic E-state index is 0.591. The average molecular weight is 212 g/mol. The van der Waals surface area contributed by atoms with Gasteiger partial charge >= 0.3 is 0 Å². The summed E-state index contributed by atoms with van der Waals surface area (Å²) in [7, 11) is 1.80. The fraction of sp³-hybridized carbons (Fsp3) is 1.00. The molecule has 1 unspecified atom stereocenters. The average Bonchev–Trinajstić information content (AvgIpc) is 3.06. The Labute approximate surface area is 93.0 Å². The molecule has 1 aliphatic carbocycles. The van der Waals surface area contributed by atoms with Crippen LogP contribution >= 0.6 is 0 Å². The van der Waals surface area contributed by atoms with Gasteiger partial charge in [0, 0.05) is 32.8 Å². The minimum atomic E-state index is 0.591. The van der Waals surface area contributed by atoms with E-state index in [1.165, 1.54) is 45.2 Å². The summed E-state index contributed by atoms with van der Waals surface area (Å²) < 4.78 is 5.17. The summed E-state index contributed by atoms with van der Waals surface area (Å²) in [5, 5.41) is 7.16. The molecule has 0 aromatic carbocycles. The zero-order valence-corrected chi connectivity index (χ0v) is 9.85. The zero-order chi connectivity index (χ0) is 10.6. The third-order valence-electron chi connectivity index (χ3n) is 3.86. The Morgan fingerprint density at radius 1 is 1.47 bits per heavy atom. The van der Waals surface area contributed by atoms with Crippen LogP contribution < -0.4 is 10.6 Å². The molecule has 1 atom stereocenters. The van der Waals surface area contributed by atoms with E-state index in [0.717, 1.165) is 13.2 Å². The molecule has 1 heterocycles. The lowest BCUT2D eigenvalue weighted by Crippen LogP contribution is -2.45. The van der Waals surface area contributed by atoms with E-state index in [2.05, 4.69) is 10.6 Å². The highest BCUT2D eigenvalue weighted by Crippen LogP contribution is 2.48. The molecule has 0 bridgehead atoms. The quantitative estimate of drug-likeness (QED) is 0.693. The highest BCUT2D eigenvalue weighted by molar-refractivity contribution is 4.95. The molecule has 1 saturated heterocycles.